The molecule has 0 bridgehead atoms. The van der Waals surface area contributed by atoms with Crippen molar-refractivity contribution < 1.29 is 4.79 Å². The molecule has 0 aliphatic rings. The zero-order valence-corrected chi connectivity index (χ0v) is 14.6. The van der Waals surface area contributed by atoms with E-state index in [0.29, 0.717) is 11.7 Å². The highest BCUT2D eigenvalue weighted by Gasteiger charge is 2.26. The van der Waals surface area contributed by atoms with E-state index < -0.39 is 0 Å². The highest BCUT2D eigenvalue weighted by atomic mass is 79.9. The predicted octanol–water partition coefficient (Wildman–Crippen LogP) is 4.37. The first-order chi connectivity index (χ1) is 9.93. The van der Waals surface area contributed by atoms with E-state index in [0.717, 1.165) is 10.2 Å². The molecule has 2 rings (SSSR count). The molecule has 0 spiro atoms. The normalized spacial score (nSPS) is 11.2. The molecule has 112 valence electrons. The predicted molar refractivity (Wildman–Crippen MR) is 91.1 cm³/mol. The summed E-state index contributed by atoms with van der Waals surface area (Å²) in [4.78, 5) is 16.1. The fraction of sp³-hybridized carbons (Fsp3) is 0.333. The van der Waals surface area contributed by atoms with E-state index in [-0.39, 0.29) is 11.4 Å². The van der Waals surface area contributed by atoms with Crippen molar-refractivity contribution in [2.75, 3.05) is 11.9 Å². The molecule has 1 aromatic carbocycles. The molecule has 0 fully saturated rings. The SMILES string of the molecule is CCNC(=O)Nc1nc(C(C)(C)c2ccc(Br)cc2)cs1. The third-order valence-electron chi connectivity index (χ3n) is 3.27. The first-order valence-corrected chi connectivity index (χ1v) is 8.37. The van der Waals surface area contributed by atoms with Crippen LogP contribution in [-0.4, -0.2) is 17.6 Å². The Morgan fingerprint density at radius 1 is 1.33 bits per heavy atom. The number of amides is 2. The molecule has 1 heterocycles. The topological polar surface area (TPSA) is 54.0 Å². The van der Waals surface area contributed by atoms with Gasteiger partial charge in [-0.3, -0.25) is 5.32 Å². The fourth-order valence-electron chi connectivity index (χ4n) is 1.93. The highest BCUT2D eigenvalue weighted by Crippen LogP contribution is 2.33. The average Bonchev–Trinajstić information content (AvgIpc) is 2.88. The van der Waals surface area contributed by atoms with Gasteiger partial charge < -0.3 is 5.32 Å². The standard InChI is InChI=1S/C15H18BrN3OS/c1-4-17-13(20)19-14-18-12(9-21-14)15(2,3)10-5-7-11(16)8-6-10/h5-9H,4H2,1-3H3,(H2,17,18,19,20). The van der Waals surface area contributed by atoms with Crippen LogP contribution in [0.1, 0.15) is 32.0 Å². The van der Waals surface area contributed by atoms with Crippen LogP contribution in [0.25, 0.3) is 0 Å². The number of hydrogen-bond donors (Lipinski definition) is 2. The van der Waals surface area contributed by atoms with Crippen molar-refractivity contribution in [3.05, 3.63) is 45.4 Å². The Morgan fingerprint density at radius 3 is 2.62 bits per heavy atom. The maximum Gasteiger partial charge on any atom is 0.321 e. The van der Waals surface area contributed by atoms with Crippen molar-refractivity contribution >= 4 is 38.4 Å². The van der Waals surface area contributed by atoms with E-state index >= 15 is 0 Å². The number of halogens is 1. The van der Waals surface area contributed by atoms with Crippen LogP contribution in [0.4, 0.5) is 9.93 Å². The summed E-state index contributed by atoms with van der Waals surface area (Å²) in [6.45, 7) is 6.72. The lowest BCUT2D eigenvalue weighted by Gasteiger charge is -2.23. The molecule has 0 unspecified atom stereocenters. The molecule has 2 aromatic rings. The summed E-state index contributed by atoms with van der Waals surface area (Å²) in [5.74, 6) is 0. The van der Waals surface area contributed by atoms with Crippen LogP contribution in [-0.2, 0) is 5.41 Å². The minimum atomic E-state index is -0.222. The van der Waals surface area contributed by atoms with Crippen LogP contribution in [0, 0.1) is 0 Å². The Labute approximate surface area is 137 Å². The van der Waals surface area contributed by atoms with Gasteiger partial charge in [-0.2, -0.15) is 0 Å². The number of nitrogens with zero attached hydrogens (tertiary/aromatic N) is 1. The Bertz CT molecular complexity index is 622. The number of benzene rings is 1. The first kappa shape index (κ1) is 16.0. The van der Waals surface area contributed by atoms with Gasteiger partial charge in [0.1, 0.15) is 0 Å². The zero-order valence-electron chi connectivity index (χ0n) is 12.2. The van der Waals surface area contributed by atoms with E-state index in [4.69, 9.17) is 0 Å². The van der Waals surface area contributed by atoms with Gasteiger partial charge in [0.15, 0.2) is 5.13 Å². The van der Waals surface area contributed by atoms with Gasteiger partial charge >= 0.3 is 6.03 Å². The lowest BCUT2D eigenvalue weighted by molar-refractivity contribution is 0.252. The maximum atomic E-state index is 11.5. The molecule has 0 saturated carbocycles. The second kappa shape index (κ2) is 6.58. The molecule has 0 aliphatic heterocycles. The molecule has 2 N–H and O–H groups in total. The molecule has 6 heteroatoms. The quantitative estimate of drug-likeness (QED) is 0.842. The largest absolute Gasteiger partial charge is 0.338 e. The minimum Gasteiger partial charge on any atom is -0.338 e. The van der Waals surface area contributed by atoms with Crippen molar-refractivity contribution in [3.8, 4) is 0 Å². The van der Waals surface area contributed by atoms with Crippen molar-refractivity contribution in [3.63, 3.8) is 0 Å². The summed E-state index contributed by atoms with van der Waals surface area (Å²) in [5.41, 5.74) is 1.92. The van der Waals surface area contributed by atoms with Gasteiger partial charge in [-0.15, -0.1) is 11.3 Å². The lowest BCUT2D eigenvalue weighted by atomic mass is 9.82. The Kier molecular flexibility index (Phi) is 5.00. The van der Waals surface area contributed by atoms with Crippen molar-refractivity contribution in [2.45, 2.75) is 26.2 Å². The molecule has 0 atom stereocenters. The Morgan fingerprint density at radius 2 is 2.00 bits per heavy atom. The molecular formula is C15H18BrN3OS. The molecule has 1 aromatic heterocycles. The number of thiazole rings is 1. The average molecular weight is 368 g/mol. The molecule has 4 nitrogen and oxygen atoms in total. The van der Waals surface area contributed by atoms with Crippen LogP contribution in [0.5, 0.6) is 0 Å². The number of hydrogen-bond acceptors (Lipinski definition) is 3. The highest BCUT2D eigenvalue weighted by molar-refractivity contribution is 9.10. The van der Waals surface area contributed by atoms with E-state index in [9.17, 15) is 4.79 Å². The van der Waals surface area contributed by atoms with Crippen molar-refractivity contribution in [2.24, 2.45) is 0 Å². The lowest BCUT2D eigenvalue weighted by Crippen LogP contribution is -2.28. The fourth-order valence-corrected chi connectivity index (χ4v) is 3.07. The summed E-state index contributed by atoms with van der Waals surface area (Å²) in [7, 11) is 0. The number of carbonyl (C=O) groups excluding carboxylic acids is 1. The van der Waals surface area contributed by atoms with Gasteiger partial charge in [-0.05, 0) is 24.6 Å². The van der Waals surface area contributed by atoms with Crippen LogP contribution in [0.15, 0.2) is 34.1 Å². The second-order valence-electron chi connectivity index (χ2n) is 5.15. The third kappa shape index (κ3) is 3.83. The Hall–Kier alpha value is -1.40. The molecule has 21 heavy (non-hydrogen) atoms. The summed E-state index contributed by atoms with van der Waals surface area (Å²) in [6.07, 6.45) is 0. The van der Waals surface area contributed by atoms with Crippen LogP contribution in [0.2, 0.25) is 0 Å². The number of nitrogens with one attached hydrogen (secondary N) is 2. The summed E-state index contributed by atoms with van der Waals surface area (Å²) in [5, 5.41) is 8.04. The number of carbonyl (C=O) groups is 1. The summed E-state index contributed by atoms with van der Waals surface area (Å²) < 4.78 is 1.05. The summed E-state index contributed by atoms with van der Waals surface area (Å²) in [6, 6.07) is 8.00. The second-order valence-corrected chi connectivity index (χ2v) is 6.93. The first-order valence-electron chi connectivity index (χ1n) is 6.70. The van der Waals surface area contributed by atoms with Gasteiger partial charge in [0.2, 0.25) is 0 Å². The van der Waals surface area contributed by atoms with E-state index in [1.807, 2.05) is 24.4 Å². The third-order valence-corrected chi connectivity index (χ3v) is 4.55. The van der Waals surface area contributed by atoms with Gasteiger partial charge in [0.05, 0.1) is 5.69 Å². The zero-order chi connectivity index (χ0) is 15.5. The number of aromatic nitrogens is 1. The number of urea groups is 1. The molecule has 2 amide bonds. The van der Waals surface area contributed by atoms with E-state index in [1.165, 1.54) is 16.9 Å². The van der Waals surface area contributed by atoms with Crippen LogP contribution < -0.4 is 10.6 Å². The molecule has 0 saturated heterocycles. The van der Waals surface area contributed by atoms with E-state index in [2.05, 4.69) is 57.5 Å². The van der Waals surface area contributed by atoms with Gasteiger partial charge in [0.25, 0.3) is 0 Å². The van der Waals surface area contributed by atoms with Gasteiger partial charge in [-0.1, -0.05) is 41.9 Å². The van der Waals surface area contributed by atoms with Crippen LogP contribution in [0.3, 0.4) is 0 Å². The van der Waals surface area contributed by atoms with E-state index in [1.54, 1.807) is 0 Å². The van der Waals surface area contributed by atoms with Crippen LogP contribution >= 0.6 is 27.3 Å². The van der Waals surface area contributed by atoms with Gasteiger partial charge in [0, 0.05) is 21.8 Å². The summed E-state index contributed by atoms with van der Waals surface area (Å²) >= 11 is 4.88. The maximum absolute atomic E-state index is 11.5. The monoisotopic (exact) mass is 367 g/mol. The van der Waals surface area contributed by atoms with Gasteiger partial charge in [-0.25, -0.2) is 9.78 Å². The van der Waals surface area contributed by atoms with Crippen molar-refractivity contribution in [1.29, 1.82) is 0 Å². The smallest absolute Gasteiger partial charge is 0.321 e. The molecule has 0 aliphatic carbocycles. The molecule has 0 radical (unpaired) electrons. The Balaban J connectivity index is 2.19. The number of anilines is 1. The minimum absolute atomic E-state index is 0.210. The number of rotatable bonds is 4. The van der Waals surface area contributed by atoms with Crippen molar-refractivity contribution in [1.82, 2.24) is 10.3 Å². The molecular weight excluding hydrogens is 350 g/mol.